The Hall–Kier alpha value is -3.31. The largest absolute Gasteiger partial charge is 0.496 e. The van der Waals surface area contributed by atoms with Gasteiger partial charge in [0.25, 0.3) is 5.91 Å². The van der Waals surface area contributed by atoms with Gasteiger partial charge in [0.2, 0.25) is 0 Å². The van der Waals surface area contributed by atoms with Crippen LogP contribution >= 0.6 is 0 Å². The SMILES string of the molecule is COc1ccc(C(=O)N2CCN(Cc3ccccc3)CC2)cc1COc1ccc(C(C)(C)C)cc1. The van der Waals surface area contributed by atoms with Gasteiger partial charge in [0, 0.05) is 43.9 Å². The number of benzene rings is 3. The summed E-state index contributed by atoms with van der Waals surface area (Å²) in [7, 11) is 1.64. The molecule has 4 rings (SSSR count). The van der Waals surface area contributed by atoms with Crippen LogP contribution in [0.2, 0.25) is 0 Å². The molecule has 0 aromatic heterocycles. The summed E-state index contributed by atoms with van der Waals surface area (Å²) >= 11 is 0. The average Bonchev–Trinajstić information content (AvgIpc) is 2.87. The molecule has 1 aliphatic rings. The maximum absolute atomic E-state index is 13.2. The molecule has 0 radical (unpaired) electrons. The van der Waals surface area contributed by atoms with E-state index in [0.29, 0.717) is 12.2 Å². The van der Waals surface area contributed by atoms with E-state index in [1.54, 1.807) is 7.11 Å². The van der Waals surface area contributed by atoms with Crippen molar-refractivity contribution < 1.29 is 14.3 Å². The van der Waals surface area contributed by atoms with E-state index in [2.05, 4.69) is 62.1 Å². The normalized spacial score (nSPS) is 14.6. The summed E-state index contributed by atoms with van der Waals surface area (Å²) in [6.45, 7) is 11.0. The molecule has 1 amide bonds. The van der Waals surface area contributed by atoms with Crippen LogP contribution in [-0.2, 0) is 18.6 Å². The van der Waals surface area contributed by atoms with Gasteiger partial charge in [-0.25, -0.2) is 0 Å². The lowest BCUT2D eigenvalue weighted by atomic mass is 9.87. The Balaban J connectivity index is 1.37. The molecule has 1 fully saturated rings. The van der Waals surface area contributed by atoms with Crippen LogP contribution in [0.15, 0.2) is 72.8 Å². The summed E-state index contributed by atoms with van der Waals surface area (Å²) in [6.07, 6.45) is 0. The molecule has 0 bridgehead atoms. The van der Waals surface area contributed by atoms with Crippen molar-refractivity contribution in [2.45, 2.75) is 39.3 Å². The van der Waals surface area contributed by atoms with E-state index in [1.165, 1.54) is 11.1 Å². The molecular formula is C30H36N2O3. The number of carbonyl (C=O) groups excluding carboxylic acids is 1. The molecule has 0 N–H and O–H groups in total. The molecular weight excluding hydrogens is 436 g/mol. The van der Waals surface area contributed by atoms with E-state index in [-0.39, 0.29) is 11.3 Å². The molecule has 5 nitrogen and oxygen atoms in total. The maximum atomic E-state index is 13.2. The van der Waals surface area contributed by atoms with Crippen LogP contribution in [0.25, 0.3) is 0 Å². The first-order valence-electron chi connectivity index (χ1n) is 12.3. The molecule has 35 heavy (non-hydrogen) atoms. The molecule has 3 aromatic carbocycles. The Labute approximate surface area is 209 Å². The van der Waals surface area contributed by atoms with Gasteiger partial charge in [-0.1, -0.05) is 63.2 Å². The molecule has 3 aromatic rings. The summed E-state index contributed by atoms with van der Waals surface area (Å²) in [6, 6.07) is 24.3. The Morgan fingerprint density at radius 3 is 2.20 bits per heavy atom. The van der Waals surface area contributed by atoms with E-state index in [0.717, 1.165) is 49.8 Å². The Bertz CT molecular complexity index is 1110. The summed E-state index contributed by atoms with van der Waals surface area (Å²) in [5.74, 6) is 1.58. The standard InChI is InChI=1S/C30H36N2O3/c1-30(2,3)26-11-13-27(14-12-26)35-22-25-20-24(10-15-28(25)34-4)29(33)32-18-16-31(17-19-32)21-23-8-6-5-7-9-23/h5-15,20H,16-19,21-22H2,1-4H3. The first-order chi connectivity index (χ1) is 16.8. The number of piperazine rings is 1. The van der Waals surface area contributed by atoms with Crippen LogP contribution in [0.1, 0.15) is 47.8 Å². The second-order valence-corrected chi connectivity index (χ2v) is 10.1. The van der Waals surface area contributed by atoms with E-state index in [1.807, 2.05) is 41.3 Å². The van der Waals surface area contributed by atoms with Crippen LogP contribution in [0.5, 0.6) is 11.5 Å². The van der Waals surface area contributed by atoms with Crippen LogP contribution < -0.4 is 9.47 Å². The predicted octanol–water partition coefficient (Wildman–Crippen LogP) is 5.53. The summed E-state index contributed by atoms with van der Waals surface area (Å²) in [5.41, 5.74) is 4.20. The van der Waals surface area contributed by atoms with Crippen molar-refractivity contribution in [2.24, 2.45) is 0 Å². The summed E-state index contributed by atoms with van der Waals surface area (Å²) < 4.78 is 11.6. The number of hydrogen-bond acceptors (Lipinski definition) is 4. The van der Waals surface area contributed by atoms with Crippen LogP contribution in [0.4, 0.5) is 0 Å². The van der Waals surface area contributed by atoms with Gasteiger partial charge in [-0.05, 0) is 46.9 Å². The molecule has 0 aliphatic carbocycles. The smallest absolute Gasteiger partial charge is 0.253 e. The van der Waals surface area contributed by atoms with Crippen molar-refractivity contribution in [2.75, 3.05) is 33.3 Å². The zero-order chi connectivity index (χ0) is 24.8. The highest BCUT2D eigenvalue weighted by Crippen LogP contribution is 2.26. The third kappa shape index (κ3) is 6.43. The molecule has 0 unspecified atom stereocenters. The number of methoxy groups -OCH3 is 1. The fourth-order valence-electron chi connectivity index (χ4n) is 4.37. The quantitative estimate of drug-likeness (QED) is 0.453. The highest BCUT2D eigenvalue weighted by molar-refractivity contribution is 5.94. The van der Waals surface area contributed by atoms with Crippen molar-refractivity contribution >= 4 is 5.91 Å². The van der Waals surface area contributed by atoms with Crippen LogP contribution in [0, 0.1) is 0 Å². The van der Waals surface area contributed by atoms with Crippen LogP contribution in [-0.4, -0.2) is 49.0 Å². The highest BCUT2D eigenvalue weighted by atomic mass is 16.5. The topological polar surface area (TPSA) is 42.0 Å². The zero-order valence-electron chi connectivity index (χ0n) is 21.3. The fraction of sp³-hybridized carbons (Fsp3) is 0.367. The van der Waals surface area contributed by atoms with E-state index >= 15 is 0 Å². The Morgan fingerprint density at radius 2 is 1.57 bits per heavy atom. The second kappa shape index (κ2) is 11.0. The number of rotatable bonds is 7. The number of amides is 1. The van der Waals surface area contributed by atoms with Crippen molar-refractivity contribution in [3.8, 4) is 11.5 Å². The van der Waals surface area contributed by atoms with Gasteiger partial charge >= 0.3 is 0 Å². The molecule has 184 valence electrons. The van der Waals surface area contributed by atoms with Crippen molar-refractivity contribution in [1.82, 2.24) is 9.80 Å². The molecule has 0 spiro atoms. The molecule has 1 aliphatic heterocycles. The van der Waals surface area contributed by atoms with Gasteiger partial charge in [0.15, 0.2) is 0 Å². The number of hydrogen-bond donors (Lipinski definition) is 0. The Morgan fingerprint density at radius 1 is 0.886 bits per heavy atom. The third-order valence-corrected chi connectivity index (χ3v) is 6.55. The Kier molecular flexibility index (Phi) is 7.76. The minimum absolute atomic E-state index is 0.0581. The average molecular weight is 473 g/mol. The van der Waals surface area contributed by atoms with Gasteiger partial charge in [0.05, 0.1) is 7.11 Å². The molecule has 1 heterocycles. The first-order valence-corrected chi connectivity index (χ1v) is 12.3. The van der Waals surface area contributed by atoms with E-state index in [9.17, 15) is 4.79 Å². The molecule has 1 saturated heterocycles. The summed E-state index contributed by atoms with van der Waals surface area (Å²) in [4.78, 5) is 17.6. The number of nitrogens with zero attached hydrogens (tertiary/aromatic N) is 2. The molecule has 0 atom stereocenters. The lowest BCUT2D eigenvalue weighted by molar-refractivity contribution is 0.0628. The first kappa shape index (κ1) is 24.8. The lowest BCUT2D eigenvalue weighted by Crippen LogP contribution is -2.48. The monoisotopic (exact) mass is 472 g/mol. The second-order valence-electron chi connectivity index (χ2n) is 10.1. The number of carbonyl (C=O) groups is 1. The molecule has 5 heteroatoms. The minimum atomic E-state index is 0.0581. The van der Waals surface area contributed by atoms with Gasteiger partial charge < -0.3 is 14.4 Å². The van der Waals surface area contributed by atoms with E-state index < -0.39 is 0 Å². The third-order valence-electron chi connectivity index (χ3n) is 6.55. The highest BCUT2D eigenvalue weighted by Gasteiger charge is 2.23. The van der Waals surface area contributed by atoms with Gasteiger partial charge in [0.1, 0.15) is 18.1 Å². The van der Waals surface area contributed by atoms with Gasteiger partial charge in [-0.3, -0.25) is 9.69 Å². The van der Waals surface area contributed by atoms with Gasteiger partial charge in [-0.2, -0.15) is 0 Å². The van der Waals surface area contributed by atoms with E-state index in [4.69, 9.17) is 9.47 Å². The van der Waals surface area contributed by atoms with Crippen molar-refractivity contribution in [3.05, 3.63) is 95.1 Å². The zero-order valence-corrected chi connectivity index (χ0v) is 21.3. The van der Waals surface area contributed by atoms with Gasteiger partial charge in [-0.15, -0.1) is 0 Å². The van der Waals surface area contributed by atoms with Crippen molar-refractivity contribution in [1.29, 1.82) is 0 Å². The fourth-order valence-corrected chi connectivity index (χ4v) is 4.37. The summed E-state index contributed by atoms with van der Waals surface area (Å²) in [5, 5.41) is 0. The van der Waals surface area contributed by atoms with Crippen LogP contribution in [0.3, 0.4) is 0 Å². The van der Waals surface area contributed by atoms with Crippen molar-refractivity contribution in [3.63, 3.8) is 0 Å². The minimum Gasteiger partial charge on any atom is -0.496 e. The molecule has 0 saturated carbocycles. The number of ether oxygens (including phenoxy) is 2. The predicted molar refractivity (Wildman–Crippen MR) is 140 cm³/mol. The lowest BCUT2D eigenvalue weighted by Gasteiger charge is -2.35. The maximum Gasteiger partial charge on any atom is 0.253 e.